The molecule has 1 heterocycles. The smallest absolute Gasteiger partial charge is 0.325 e. The van der Waals surface area contributed by atoms with Crippen molar-refractivity contribution in [1.29, 1.82) is 0 Å². The maximum absolute atomic E-state index is 12.7. The van der Waals surface area contributed by atoms with E-state index in [1.54, 1.807) is 18.2 Å². The van der Waals surface area contributed by atoms with Crippen LogP contribution in [0.5, 0.6) is 11.5 Å². The van der Waals surface area contributed by atoms with Gasteiger partial charge in [0.2, 0.25) is 0 Å². The minimum absolute atomic E-state index is 0.217. The van der Waals surface area contributed by atoms with Gasteiger partial charge < -0.3 is 14.2 Å². The van der Waals surface area contributed by atoms with Gasteiger partial charge in [-0.3, -0.25) is 19.3 Å². The molecule has 2 amide bonds. The molecule has 0 aromatic heterocycles. The molecule has 1 fully saturated rings. The molecule has 1 saturated heterocycles. The largest absolute Gasteiger partial charge is 0.490 e. The Morgan fingerprint density at radius 1 is 1.15 bits per heavy atom. The normalized spacial score (nSPS) is 14.5. The topological polar surface area (TPSA) is 82.1 Å². The van der Waals surface area contributed by atoms with Gasteiger partial charge in [-0.25, -0.2) is 0 Å². The van der Waals surface area contributed by atoms with Crippen LogP contribution in [0, 0.1) is 0 Å². The van der Waals surface area contributed by atoms with Crippen molar-refractivity contribution in [3.05, 3.63) is 76.7 Å². The lowest BCUT2D eigenvalue weighted by Crippen LogP contribution is -2.34. The molecule has 2 aromatic rings. The van der Waals surface area contributed by atoms with Crippen LogP contribution >= 0.6 is 11.8 Å². The summed E-state index contributed by atoms with van der Waals surface area (Å²) in [7, 11) is 1.20. The Morgan fingerprint density at radius 2 is 1.91 bits per heavy atom. The molecule has 0 atom stereocenters. The predicted molar refractivity (Wildman–Crippen MR) is 127 cm³/mol. The molecule has 0 N–H and O–H groups in total. The van der Waals surface area contributed by atoms with Crippen molar-refractivity contribution in [3.63, 3.8) is 0 Å². The summed E-state index contributed by atoms with van der Waals surface area (Å²) in [6, 6.07) is 13.4. The van der Waals surface area contributed by atoms with Gasteiger partial charge in [-0.15, -0.1) is 6.58 Å². The Hall–Kier alpha value is -3.52. The number of esters is 1. The Balaban J connectivity index is 1.92. The Kier molecular flexibility index (Phi) is 8.32. The summed E-state index contributed by atoms with van der Waals surface area (Å²) in [5.41, 5.74) is 2.53. The molecule has 1 aliphatic heterocycles. The molecule has 0 aliphatic carbocycles. The molecule has 0 spiro atoms. The van der Waals surface area contributed by atoms with E-state index in [0.717, 1.165) is 27.8 Å². The van der Waals surface area contributed by atoms with Crippen molar-refractivity contribution in [3.8, 4) is 11.5 Å². The summed E-state index contributed by atoms with van der Waals surface area (Å²) in [6.07, 6.45) is 3.89. The number of thioether (sulfide) groups is 1. The lowest BCUT2D eigenvalue weighted by molar-refractivity contribution is -0.143. The third-order valence-electron chi connectivity index (χ3n) is 4.73. The molecule has 2 aromatic carbocycles. The van der Waals surface area contributed by atoms with Crippen LogP contribution in [-0.2, 0) is 27.4 Å². The standard InChI is InChI=1S/C25H25NO6S/c1-4-9-19-12-18(14-21-24(28)26(25(29)33-21)15-22(27)30-3)13-20(31-5-2)23(19)32-16-17-10-7-6-8-11-17/h4,6-8,10-14H,1,5,9,15-16H2,2-3H3. The fraction of sp³-hybridized carbons (Fsp3) is 0.240. The number of carbonyl (C=O) groups is 3. The van der Waals surface area contributed by atoms with Crippen LogP contribution in [-0.4, -0.2) is 42.3 Å². The number of imide groups is 1. The molecule has 1 aliphatic rings. The first-order valence-corrected chi connectivity index (χ1v) is 11.2. The second-order valence-corrected chi connectivity index (χ2v) is 8.04. The number of carbonyl (C=O) groups excluding carboxylic acids is 3. The minimum atomic E-state index is -0.662. The van der Waals surface area contributed by atoms with E-state index in [9.17, 15) is 14.4 Å². The van der Waals surface area contributed by atoms with E-state index in [4.69, 9.17) is 9.47 Å². The molecule has 8 heteroatoms. The summed E-state index contributed by atoms with van der Waals surface area (Å²) in [5, 5.41) is -0.518. The highest BCUT2D eigenvalue weighted by molar-refractivity contribution is 8.18. The molecule has 0 saturated carbocycles. The first-order chi connectivity index (χ1) is 16.0. The van der Waals surface area contributed by atoms with Crippen LogP contribution in [0.15, 0.2) is 60.0 Å². The lowest BCUT2D eigenvalue weighted by atomic mass is 10.0. The Labute approximate surface area is 197 Å². The molecule has 0 bridgehead atoms. The zero-order valence-corrected chi connectivity index (χ0v) is 19.4. The van der Waals surface area contributed by atoms with E-state index in [2.05, 4.69) is 11.3 Å². The number of benzene rings is 2. The van der Waals surface area contributed by atoms with Crippen molar-refractivity contribution in [1.82, 2.24) is 4.90 Å². The van der Waals surface area contributed by atoms with E-state index in [1.807, 2.05) is 43.3 Å². The quantitative estimate of drug-likeness (QED) is 0.287. The Morgan fingerprint density at radius 3 is 2.58 bits per heavy atom. The fourth-order valence-electron chi connectivity index (χ4n) is 3.21. The summed E-state index contributed by atoms with van der Waals surface area (Å²) < 4.78 is 16.5. The highest BCUT2D eigenvalue weighted by atomic mass is 32.2. The van der Waals surface area contributed by atoms with E-state index in [0.29, 0.717) is 36.7 Å². The summed E-state index contributed by atoms with van der Waals surface area (Å²) >= 11 is 0.778. The average Bonchev–Trinajstić information content (AvgIpc) is 3.06. The minimum Gasteiger partial charge on any atom is -0.490 e. The van der Waals surface area contributed by atoms with Gasteiger partial charge in [0.05, 0.1) is 18.6 Å². The first-order valence-electron chi connectivity index (χ1n) is 10.4. The molecular weight excluding hydrogens is 442 g/mol. The number of nitrogens with zero attached hydrogens (tertiary/aromatic N) is 1. The molecular formula is C25H25NO6S. The van der Waals surface area contributed by atoms with Gasteiger partial charge in [-0.2, -0.15) is 0 Å². The molecule has 7 nitrogen and oxygen atoms in total. The van der Waals surface area contributed by atoms with Crippen LogP contribution in [0.4, 0.5) is 4.79 Å². The second kappa shape index (κ2) is 11.4. The molecule has 33 heavy (non-hydrogen) atoms. The molecule has 0 radical (unpaired) electrons. The third kappa shape index (κ3) is 6.04. The van der Waals surface area contributed by atoms with Gasteiger partial charge in [0.25, 0.3) is 11.1 Å². The van der Waals surface area contributed by atoms with E-state index >= 15 is 0 Å². The highest BCUT2D eigenvalue weighted by Crippen LogP contribution is 2.37. The monoisotopic (exact) mass is 467 g/mol. The third-order valence-corrected chi connectivity index (χ3v) is 5.64. The van der Waals surface area contributed by atoms with Gasteiger partial charge in [0.15, 0.2) is 11.5 Å². The molecule has 172 valence electrons. The van der Waals surface area contributed by atoms with Gasteiger partial charge >= 0.3 is 5.97 Å². The number of hydrogen-bond donors (Lipinski definition) is 0. The zero-order chi connectivity index (χ0) is 23.8. The molecule has 0 unspecified atom stereocenters. The van der Waals surface area contributed by atoms with Crippen LogP contribution in [0.3, 0.4) is 0 Å². The van der Waals surface area contributed by atoms with Gasteiger partial charge in [0.1, 0.15) is 13.2 Å². The van der Waals surface area contributed by atoms with Crippen LogP contribution in [0.25, 0.3) is 6.08 Å². The van der Waals surface area contributed by atoms with E-state index < -0.39 is 23.7 Å². The number of methoxy groups -OCH3 is 1. The number of allylic oxidation sites excluding steroid dienone is 1. The lowest BCUT2D eigenvalue weighted by Gasteiger charge is -2.17. The van der Waals surface area contributed by atoms with Crippen molar-refractivity contribution in [2.24, 2.45) is 0 Å². The Bertz CT molecular complexity index is 1080. The maximum atomic E-state index is 12.7. The zero-order valence-electron chi connectivity index (χ0n) is 18.5. The number of rotatable bonds is 10. The second-order valence-electron chi connectivity index (χ2n) is 7.05. The van der Waals surface area contributed by atoms with E-state index in [1.165, 1.54) is 7.11 Å². The van der Waals surface area contributed by atoms with Crippen molar-refractivity contribution in [2.45, 2.75) is 20.0 Å². The van der Waals surface area contributed by atoms with E-state index in [-0.39, 0.29) is 4.91 Å². The first kappa shape index (κ1) is 24.1. The van der Waals surface area contributed by atoms with Crippen molar-refractivity contribution >= 4 is 35.0 Å². The van der Waals surface area contributed by atoms with Gasteiger partial charge in [0, 0.05) is 5.56 Å². The highest BCUT2D eigenvalue weighted by Gasteiger charge is 2.36. The molecule has 3 rings (SSSR count). The van der Waals surface area contributed by atoms with Crippen LogP contribution in [0.2, 0.25) is 0 Å². The SMILES string of the molecule is C=CCc1cc(C=C2SC(=O)N(CC(=O)OC)C2=O)cc(OCC)c1OCc1ccccc1. The summed E-state index contributed by atoms with van der Waals surface area (Å²) in [4.78, 5) is 37.5. The van der Waals surface area contributed by atoms with Crippen molar-refractivity contribution in [2.75, 3.05) is 20.3 Å². The summed E-state index contributed by atoms with van der Waals surface area (Å²) in [5.74, 6) is -0.0576. The van der Waals surface area contributed by atoms with Crippen LogP contribution < -0.4 is 9.47 Å². The number of amides is 2. The predicted octanol–water partition coefficient (Wildman–Crippen LogP) is 4.60. The number of hydrogen-bond acceptors (Lipinski definition) is 7. The summed E-state index contributed by atoms with van der Waals surface area (Å²) in [6.45, 7) is 6.08. The van der Waals surface area contributed by atoms with Gasteiger partial charge in [-0.1, -0.05) is 36.4 Å². The van der Waals surface area contributed by atoms with Crippen molar-refractivity contribution < 1.29 is 28.6 Å². The van der Waals surface area contributed by atoms with Gasteiger partial charge in [-0.05, 0) is 54.4 Å². The maximum Gasteiger partial charge on any atom is 0.325 e. The number of ether oxygens (including phenoxy) is 3. The van der Waals surface area contributed by atoms with Crippen LogP contribution in [0.1, 0.15) is 23.6 Å². The fourth-order valence-corrected chi connectivity index (χ4v) is 4.05. The average molecular weight is 468 g/mol.